The van der Waals surface area contributed by atoms with Gasteiger partial charge < -0.3 is 15.4 Å². The van der Waals surface area contributed by atoms with Crippen molar-refractivity contribution in [2.24, 2.45) is 0 Å². The number of amides is 1. The third-order valence-electron chi connectivity index (χ3n) is 6.97. The summed E-state index contributed by atoms with van der Waals surface area (Å²) in [6.45, 7) is 1.76. The van der Waals surface area contributed by atoms with Gasteiger partial charge in [-0.25, -0.2) is 8.78 Å². The molecule has 5 nitrogen and oxygen atoms in total. The summed E-state index contributed by atoms with van der Waals surface area (Å²) in [6, 6.07) is 20.1. The maximum absolute atomic E-state index is 14.4. The van der Waals surface area contributed by atoms with Gasteiger partial charge in [-0.2, -0.15) is 0 Å². The molecule has 3 aromatic carbocycles. The van der Waals surface area contributed by atoms with Crippen molar-refractivity contribution in [3.63, 3.8) is 0 Å². The number of ether oxygens (including phenoxy) is 1. The molecule has 0 unspecified atom stereocenters. The largest absolute Gasteiger partial charge is 0.496 e. The minimum absolute atomic E-state index is 0.00903. The molecule has 0 saturated carbocycles. The van der Waals surface area contributed by atoms with Crippen molar-refractivity contribution in [3.8, 4) is 5.75 Å². The molecule has 7 heteroatoms. The molecule has 2 atom stereocenters. The summed E-state index contributed by atoms with van der Waals surface area (Å²) in [5, 5.41) is 5.88. The van der Waals surface area contributed by atoms with E-state index >= 15 is 0 Å². The van der Waals surface area contributed by atoms with Gasteiger partial charge in [0.2, 0.25) is 0 Å². The smallest absolute Gasteiger partial charge is 0.254 e. The van der Waals surface area contributed by atoms with Crippen LogP contribution in [0.25, 0.3) is 0 Å². The van der Waals surface area contributed by atoms with E-state index in [1.54, 1.807) is 13.0 Å². The van der Waals surface area contributed by atoms with Gasteiger partial charge in [0.15, 0.2) is 5.78 Å². The third-order valence-corrected chi connectivity index (χ3v) is 6.97. The number of carbonyl (C=O) groups is 2. The summed E-state index contributed by atoms with van der Waals surface area (Å²) in [4.78, 5) is 27.3. The topological polar surface area (TPSA) is 67.4 Å². The highest BCUT2D eigenvalue weighted by molar-refractivity contribution is 6.10. The number of ketones is 1. The number of dihydropyridines is 1. The fourth-order valence-electron chi connectivity index (χ4n) is 5.30. The predicted molar refractivity (Wildman–Crippen MR) is 137 cm³/mol. The summed E-state index contributed by atoms with van der Waals surface area (Å²) in [7, 11) is 1.54. The van der Waals surface area contributed by atoms with Crippen LogP contribution in [0.1, 0.15) is 42.7 Å². The van der Waals surface area contributed by atoms with Crippen LogP contribution in [0.15, 0.2) is 95.3 Å². The Labute approximate surface area is 213 Å². The van der Waals surface area contributed by atoms with Gasteiger partial charge in [-0.3, -0.25) is 9.59 Å². The molecule has 0 spiro atoms. The molecule has 3 aromatic rings. The molecule has 188 valence electrons. The Bertz CT molecular complexity index is 1450. The highest BCUT2D eigenvalue weighted by atomic mass is 19.1. The number of rotatable bonds is 5. The maximum Gasteiger partial charge on any atom is 0.254 e. The number of hydrogen-bond donors (Lipinski definition) is 2. The molecule has 0 radical (unpaired) electrons. The number of nitrogens with one attached hydrogen (secondary N) is 2. The number of Topliss-reactive ketones (excluding diaryl/α,β-unsaturated/α-hetero) is 1. The normalized spacial score (nSPS) is 19.3. The summed E-state index contributed by atoms with van der Waals surface area (Å²) in [5.41, 5.74) is 3.69. The first-order valence-electron chi connectivity index (χ1n) is 12.1. The van der Waals surface area contributed by atoms with E-state index < -0.39 is 23.5 Å². The van der Waals surface area contributed by atoms with Gasteiger partial charge in [0.25, 0.3) is 5.91 Å². The molecule has 1 heterocycles. The monoisotopic (exact) mass is 500 g/mol. The quantitative estimate of drug-likeness (QED) is 0.453. The molecule has 37 heavy (non-hydrogen) atoms. The molecule has 0 fully saturated rings. The first-order valence-corrected chi connectivity index (χ1v) is 12.1. The number of anilines is 1. The Balaban J connectivity index is 1.59. The minimum Gasteiger partial charge on any atom is -0.496 e. The van der Waals surface area contributed by atoms with Gasteiger partial charge in [-0.1, -0.05) is 48.5 Å². The first-order chi connectivity index (χ1) is 17.9. The Morgan fingerprint density at radius 2 is 1.73 bits per heavy atom. The van der Waals surface area contributed by atoms with Gasteiger partial charge in [0.1, 0.15) is 17.4 Å². The molecular weight excluding hydrogens is 474 g/mol. The van der Waals surface area contributed by atoms with Crippen LogP contribution in [-0.2, 0) is 9.59 Å². The average molecular weight is 501 g/mol. The van der Waals surface area contributed by atoms with Gasteiger partial charge in [0.05, 0.1) is 18.7 Å². The van der Waals surface area contributed by atoms with Crippen LogP contribution in [0, 0.1) is 11.6 Å². The summed E-state index contributed by atoms with van der Waals surface area (Å²) >= 11 is 0. The minimum atomic E-state index is -0.886. The highest BCUT2D eigenvalue weighted by Gasteiger charge is 2.42. The van der Waals surface area contributed by atoms with Crippen molar-refractivity contribution in [2.75, 3.05) is 12.4 Å². The van der Waals surface area contributed by atoms with E-state index in [9.17, 15) is 18.4 Å². The van der Waals surface area contributed by atoms with Gasteiger partial charge in [-0.15, -0.1) is 0 Å². The lowest BCUT2D eigenvalue weighted by Gasteiger charge is -2.37. The maximum atomic E-state index is 14.4. The molecular formula is C30H26F2N2O3. The Hall–Kier alpha value is -4.26. The Morgan fingerprint density at radius 1 is 1.00 bits per heavy atom. The molecule has 2 aliphatic rings. The van der Waals surface area contributed by atoms with Crippen LogP contribution >= 0.6 is 0 Å². The standard InChI is InChI=1S/C30H26F2N2O3/c1-17-27(30(36)34-23-13-12-20(31)16-22(23)32)28(21-10-6-7-11-26(21)37-2)29-24(33-17)14-19(15-25(29)35)18-8-4-3-5-9-18/h3-13,16,19,28,33H,14-15H2,1-2H3,(H,34,36)/t19-,28+/m1/s1. The lowest BCUT2D eigenvalue weighted by Crippen LogP contribution is -2.37. The van der Waals surface area contributed by atoms with Gasteiger partial charge in [-0.05, 0) is 43.0 Å². The number of hydrogen-bond acceptors (Lipinski definition) is 4. The SMILES string of the molecule is COc1ccccc1[C@H]1C(C(=O)Nc2ccc(F)cc2F)=C(C)NC2=C1C(=O)C[C@H](c1ccccc1)C2. The van der Waals surface area contributed by atoms with E-state index in [4.69, 9.17) is 4.74 Å². The summed E-state index contributed by atoms with van der Waals surface area (Å²) < 4.78 is 33.4. The van der Waals surface area contributed by atoms with Crippen molar-refractivity contribution in [1.29, 1.82) is 0 Å². The number of benzene rings is 3. The third kappa shape index (κ3) is 4.65. The van der Waals surface area contributed by atoms with Gasteiger partial charge in [0, 0.05) is 40.6 Å². The predicted octanol–water partition coefficient (Wildman–Crippen LogP) is 5.97. The fourth-order valence-corrected chi connectivity index (χ4v) is 5.30. The molecule has 5 rings (SSSR count). The number of methoxy groups -OCH3 is 1. The van der Waals surface area contributed by atoms with Crippen molar-refractivity contribution in [2.45, 2.75) is 31.6 Å². The zero-order chi connectivity index (χ0) is 26.1. The molecule has 1 amide bonds. The Morgan fingerprint density at radius 3 is 2.46 bits per heavy atom. The lowest BCUT2D eigenvalue weighted by atomic mass is 9.71. The summed E-state index contributed by atoms with van der Waals surface area (Å²) in [6.07, 6.45) is 0.909. The number of carbonyl (C=O) groups excluding carboxylic acids is 2. The van der Waals surface area contributed by atoms with E-state index in [0.29, 0.717) is 41.5 Å². The second-order valence-corrected chi connectivity index (χ2v) is 9.25. The zero-order valence-corrected chi connectivity index (χ0v) is 20.5. The molecule has 0 aromatic heterocycles. The second-order valence-electron chi connectivity index (χ2n) is 9.25. The van der Waals surface area contributed by atoms with E-state index in [2.05, 4.69) is 10.6 Å². The fraction of sp³-hybridized carbons (Fsp3) is 0.200. The average Bonchev–Trinajstić information content (AvgIpc) is 2.89. The van der Waals surface area contributed by atoms with E-state index in [1.165, 1.54) is 13.2 Å². The molecule has 1 aliphatic carbocycles. The summed E-state index contributed by atoms with van der Waals surface area (Å²) in [5.74, 6) is -2.46. The highest BCUT2D eigenvalue weighted by Crippen LogP contribution is 2.47. The van der Waals surface area contributed by atoms with Crippen molar-refractivity contribution in [3.05, 3.63) is 118 Å². The number of para-hydroxylation sites is 1. The van der Waals surface area contributed by atoms with Crippen LogP contribution in [0.5, 0.6) is 5.75 Å². The van der Waals surface area contributed by atoms with Crippen LogP contribution in [0.4, 0.5) is 14.5 Å². The second kappa shape index (κ2) is 10.0. The van der Waals surface area contributed by atoms with Crippen LogP contribution in [-0.4, -0.2) is 18.8 Å². The van der Waals surface area contributed by atoms with Crippen LogP contribution in [0.3, 0.4) is 0 Å². The molecule has 2 N–H and O–H groups in total. The lowest BCUT2D eigenvalue weighted by molar-refractivity contribution is -0.116. The molecule has 0 saturated heterocycles. The zero-order valence-electron chi connectivity index (χ0n) is 20.5. The number of allylic oxidation sites excluding steroid dienone is 3. The Kier molecular flexibility index (Phi) is 6.61. The van der Waals surface area contributed by atoms with Crippen LogP contribution < -0.4 is 15.4 Å². The first kappa shape index (κ1) is 24.4. The van der Waals surface area contributed by atoms with E-state index in [1.807, 2.05) is 48.5 Å². The van der Waals surface area contributed by atoms with Gasteiger partial charge >= 0.3 is 0 Å². The number of halogens is 2. The van der Waals surface area contributed by atoms with Crippen molar-refractivity contribution >= 4 is 17.4 Å². The van der Waals surface area contributed by atoms with E-state index in [0.717, 1.165) is 17.3 Å². The van der Waals surface area contributed by atoms with Crippen LogP contribution in [0.2, 0.25) is 0 Å². The van der Waals surface area contributed by atoms with Crippen molar-refractivity contribution in [1.82, 2.24) is 5.32 Å². The van der Waals surface area contributed by atoms with E-state index in [-0.39, 0.29) is 23.0 Å². The van der Waals surface area contributed by atoms with Crippen molar-refractivity contribution < 1.29 is 23.1 Å². The molecule has 1 aliphatic heterocycles. The molecule has 0 bridgehead atoms.